The molecule has 1 aromatic heterocycles. The number of ether oxygens (including phenoxy) is 1. The maximum atomic E-state index is 13.0. The number of carbonyl (C=O) groups excluding carboxylic acids is 1. The molecular formula is C42H66N2O2. The molecule has 0 radical (unpaired) electrons. The van der Waals surface area contributed by atoms with Crippen molar-refractivity contribution in [2.75, 3.05) is 0 Å². The normalized spacial score (nSPS) is 21.7. The third-order valence-corrected chi connectivity index (χ3v) is 11.2. The summed E-state index contributed by atoms with van der Waals surface area (Å²) >= 11 is 0. The zero-order valence-corrected chi connectivity index (χ0v) is 29.7. The molecule has 0 atom stereocenters. The van der Waals surface area contributed by atoms with Gasteiger partial charge >= 0.3 is 5.97 Å². The molecule has 4 nitrogen and oxygen atoms in total. The summed E-state index contributed by atoms with van der Waals surface area (Å²) in [5, 5.41) is 0. The summed E-state index contributed by atoms with van der Waals surface area (Å²) in [5.74, 6) is 4.02. The van der Waals surface area contributed by atoms with Crippen molar-refractivity contribution in [3.05, 3.63) is 42.2 Å². The zero-order valence-electron chi connectivity index (χ0n) is 29.7. The van der Waals surface area contributed by atoms with Gasteiger partial charge in [0, 0.05) is 18.0 Å². The highest BCUT2D eigenvalue weighted by Crippen LogP contribution is 2.42. The van der Waals surface area contributed by atoms with E-state index in [1.54, 1.807) is 0 Å². The zero-order chi connectivity index (χ0) is 32.2. The molecule has 1 heterocycles. The molecule has 2 aliphatic rings. The first-order chi connectivity index (χ1) is 22.7. The van der Waals surface area contributed by atoms with Gasteiger partial charge in [-0.05, 0) is 98.9 Å². The predicted molar refractivity (Wildman–Crippen MR) is 193 cm³/mol. The standard InChI is InChI=1S/C42H66N2O2/c1-3-5-7-9-10-11-12-13-15-17-19-35-32-43-41(44-33-35)38-28-30-40(31-29-38)46-42(45)39-26-24-37(25-27-39)36-22-20-34(21-23-36)18-16-14-8-6-4-2/h28-34,36-37,39H,3-27H2,1-2H3. The maximum absolute atomic E-state index is 13.0. The van der Waals surface area contributed by atoms with Gasteiger partial charge in [-0.15, -0.1) is 0 Å². The van der Waals surface area contributed by atoms with E-state index in [4.69, 9.17) is 4.74 Å². The van der Waals surface area contributed by atoms with E-state index in [1.807, 2.05) is 36.7 Å². The van der Waals surface area contributed by atoms with Gasteiger partial charge in [0.2, 0.25) is 0 Å². The van der Waals surface area contributed by atoms with Crippen LogP contribution in [0.2, 0.25) is 0 Å². The second-order valence-electron chi connectivity index (χ2n) is 14.9. The minimum atomic E-state index is -0.0504. The predicted octanol–water partition coefficient (Wildman–Crippen LogP) is 12.5. The first-order valence-corrected chi connectivity index (χ1v) is 19.8. The van der Waals surface area contributed by atoms with Gasteiger partial charge < -0.3 is 4.74 Å². The van der Waals surface area contributed by atoms with E-state index in [2.05, 4.69) is 23.8 Å². The lowest BCUT2D eigenvalue weighted by atomic mass is 9.68. The molecule has 0 aliphatic heterocycles. The van der Waals surface area contributed by atoms with Crippen LogP contribution in [0.4, 0.5) is 0 Å². The van der Waals surface area contributed by atoms with E-state index in [1.165, 1.54) is 147 Å². The summed E-state index contributed by atoms with van der Waals surface area (Å²) in [6.45, 7) is 4.58. The molecule has 0 N–H and O–H groups in total. The Labute approximate surface area is 282 Å². The topological polar surface area (TPSA) is 52.1 Å². The van der Waals surface area contributed by atoms with Gasteiger partial charge in [-0.1, -0.05) is 123 Å². The molecule has 4 heteroatoms. The highest BCUT2D eigenvalue weighted by Gasteiger charge is 2.33. The average molecular weight is 631 g/mol. The lowest BCUT2D eigenvalue weighted by molar-refractivity contribution is -0.140. The van der Waals surface area contributed by atoms with Crippen LogP contribution in [-0.4, -0.2) is 15.9 Å². The molecule has 46 heavy (non-hydrogen) atoms. The highest BCUT2D eigenvalue weighted by atomic mass is 16.5. The molecule has 0 saturated heterocycles. The number of aromatic nitrogens is 2. The number of hydrogen-bond acceptors (Lipinski definition) is 4. The largest absolute Gasteiger partial charge is 0.426 e. The quantitative estimate of drug-likeness (QED) is 0.0782. The van der Waals surface area contributed by atoms with Crippen molar-refractivity contribution in [3.8, 4) is 17.1 Å². The monoisotopic (exact) mass is 631 g/mol. The number of aryl methyl sites for hydroxylation is 1. The Morgan fingerprint density at radius 2 is 1.13 bits per heavy atom. The Balaban J connectivity index is 1.08. The van der Waals surface area contributed by atoms with Crippen molar-refractivity contribution in [2.24, 2.45) is 23.7 Å². The van der Waals surface area contributed by atoms with Crippen LogP contribution >= 0.6 is 0 Å². The summed E-state index contributed by atoms with van der Waals surface area (Å²) < 4.78 is 5.84. The van der Waals surface area contributed by atoms with Crippen molar-refractivity contribution >= 4 is 5.97 Å². The highest BCUT2D eigenvalue weighted by molar-refractivity contribution is 5.75. The first kappa shape index (κ1) is 36.6. The average Bonchev–Trinajstić information content (AvgIpc) is 3.10. The fraction of sp³-hybridized carbons (Fsp3) is 0.738. The molecule has 256 valence electrons. The van der Waals surface area contributed by atoms with E-state index >= 15 is 0 Å². The van der Waals surface area contributed by atoms with Crippen LogP contribution < -0.4 is 4.74 Å². The fourth-order valence-electron chi connectivity index (χ4n) is 8.13. The molecular weight excluding hydrogens is 564 g/mol. The van der Waals surface area contributed by atoms with Gasteiger partial charge in [0.05, 0.1) is 5.92 Å². The Morgan fingerprint density at radius 3 is 1.70 bits per heavy atom. The Kier molecular flexibility index (Phi) is 17.2. The first-order valence-electron chi connectivity index (χ1n) is 19.8. The summed E-state index contributed by atoms with van der Waals surface area (Å²) in [7, 11) is 0. The number of hydrogen-bond donors (Lipinski definition) is 0. The molecule has 2 fully saturated rings. The Hall–Kier alpha value is -2.23. The number of esters is 1. The maximum Gasteiger partial charge on any atom is 0.314 e. The van der Waals surface area contributed by atoms with E-state index in [-0.39, 0.29) is 11.9 Å². The van der Waals surface area contributed by atoms with Gasteiger partial charge in [-0.3, -0.25) is 4.79 Å². The SMILES string of the molecule is CCCCCCCCCCCCc1cnc(-c2ccc(OC(=O)C3CCC(C4CCC(CCCCCCC)CC4)CC3)cc2)nc1. The molecule has 2 aromatic rings. The third-order valence-electron chi connectivity index (χ3n) is 11.2. The van der Waals surface area contributed by atoms with Crippen LogP contribution in [-0.2, 0) is 11.2 Å². The van der Waals surface area contributed by atoms with Crippen LogP contribution in [0.3, 0.4) is 0 Å². The molecule has 0 spiro atoms. The smallest absolute Gasteiger partial charge is 0.314 e. The van der Waals surface area contributed by atoms with Crippen LogP contribution in [0, 0.1) is 23.7 Å². The summed E-state index contributed by atoms with van der Waals surface area (Å²) in [6.07, 6.45) is 37.1. The molecule has 0 bridgehead atoms. The second-order valence-corrected chi connectivity index (χ2v) is 14.9. The van der Waals surface area contributed by atoms with Crippen LogP contribution in [0.15, 0.2) is 36.7 Å². The summed E-state index contributed by atoms with van der Waals surface area (Å²) in [5.41, 5.74) is 2.17. The lowest BCUT2D eigenvalue weighted by Crippen LogP contribution is -2.30. The van der Waals surface area contributed by atoms with E-state index < -0.39 is 0 Å². The number of rotatable bonds is 21. The number of nitrogens with zero attached hydrogens (tertiary/aromatic N) is 2. The van der Waals surface area contributed by atoms with E-state index in [0.29, 0.717) is 5.75 Å². The summed E-state index contributed by atoms with van der Waals surface area (Å²) in [4.78, 5) is 22.3. The van der Waals surface area contributed by atoms with Crippen LogP contribution in [0.5, 0.6) is 5.75 Å². The minimum Gasteiger partial charge on any atom is -0.426 e. The molecule has 2 saturated carbocycles. The van der Waals surface area contributed by atoms with Crippen molar-refractivity contribution in [1.29, 1.82) is 0 Å². The second kappa shape index (κ2) is 21.6. The number of carbonyl (C=O) groups is 1. The van der Waals surface area contributed by atoms with Crippen LogP contribution in [0.1, 0.15) is 174 Å². The van der Waals surface area contributed by atoms with Gasteiger partial charge in [0.25, 0.3) is 0 Å². The summed E-state index contributed by atoms with van der Waals surface area (Å²) in [6, 6.07) is 7.72. The van der Waals surface area contributed by atoms with Gasteiger partial charge in [0.15, 0.2) is 5.82 Å². The lowest BCUT2D eigenvalue weighted by Gasteiger charge is -2.37. The van der Waals surface area contributed by atoms with Gasteiger partial charge in [-0.25, -0.2) is 9.97 Å². The third kappa shape index (κ3) is 13.1. The van der Waals surface area contributed by atoms with Crippen LogP contribution in [0.25, 0.3) is 11.4 Å². The van der Waals surface area contributed by atoms with E-state index in [0.717, 1.165) is 48.4 Å². The minimum absolute atomic E-state index is 0.0433. The molecule has 4 rings (SSSR count). The van der Waals surface area contributed by atoms with Crippen molar-refractivity contribution in [1.82, 2.24) is 9.97 Å². The number of benzene rings is 1. The number of unbranched alkanes of at least 4 members (excludes halogenated alkanes) is 13. The van der Waals surface area contributed by atoms with Crippen molar-refractivity contribution < 1.29 is 9.53 Å². The molecule has 2 aliphatic carbocycles. The Morgan fingerprint density at radius 1 is 0.630 bits per heavy atom. The van der Waals surface area contributed by atoms with Crippen molar-refractivity contribution in [2.45, 2.75) is 174 Å². The van der Waals surface area contributed by atoms with E-state index in [9.17, 15) is 4.79 Å². The van der Waals surface area contributed by atoms with Crippen molar-refractivity contribution in [3.63, 3.8) is 0 Å². The molecule has 1 aromatic carbocycles. The Bertz CT molecular complexity index is 1070. The van der Waals surface area contributed by atoms with Gasteiger partial charge in [-0.2, -0.15) is 0 Å². The molecule has 0 amide bonds. The fourth-order valence-corrected chi connectivity index (χ4v) is 8.13. The molecule has 0 unspecified atom stereocenters. The van der Waals surface area contributed by atoms with Gasteiger partial charge in [0.1, 0.15) is 5.75 Å².